The van der Waals surface area contributed by atoms with E-state index in [2.05, 4.69) is 24.5 Å². The molecule has 1 rings (SSSR count). The maximum absolute atomic E-state index is 11.9. The normalized spacial score (nSPS) is 19.4. The lowest BCUT2D eigenvalue weighted by Gasteiger charge is -2.29. The Morgan fingerprint density at radius 1 is 1.26 bits per heavy atom. The minimum atomic E-state index is -0.414. The van der Waals surface area contributed by atoms with E-state index in [-0.39, 0.29) is 18.7 Å². The van der Waals surface area contributed by atoms with Gasteiger partial charge in [0, 0.05) is 6.61 Å². The number of rotatable bonds is 7. The average Bonchev–Trinajstić information content (AvgIpc) is 2.77. The van der Waals surface area contributed by atoms with Crippen LogP contribution in [0, 0.1) is 5.92 Å². The van der Waals surface area contributed by atoms with E-state index >= 15 is 0 Å². The predicted octanol–water partition coefficient (Wildman–Crippen LogP) is 1.65. The summed E-state index contributed by atoms with van der Waals surface area (Å²) in [5.74, 6) is 0.497. The van der Waals surface area contributed by atoms with E-state index in [1.54, 1.807) is 0 Å². The molecular formula is C14H28N2O3. The van der Waals surface area contributed by atoms with E-state index < -0.39 is 5.54 Å². The van der Waals surface area contributed by atoms with Gasteiger partial charge in [0.05, 0.1) is 24.8 Å². The number of urea groups is 1. The molecular weight excluding hydrogens is 244 g/mol. The lowest BCUT2D eigenvalue weighted by molar-refractivity contribution is 0.0942. The molecule has 1 fully saturated rings. The van der Waals surface area contributed by atoms with Crippen molar-refractivity contribution in [2.75, 3.05) is 19.8 Å². The van der Waals surface area contributed by atoms with Gasteiger partial charge in [-0.05, 0) is 25.7 Å². The molecule has 1 aliphatic carbocycles. The van der Waals surface area contributed by atoms with Crippen LogP contribution < -0.4 is 10.6 Å². The van der Waals surface area contributed by atoms with Gasteiger partial charge in [-0.2, -0.15) is 0 Å². The zero-order valence-electron chi connectivity index (χ0n) is 12.4. The van der Waals surface area contributed by atoms with Gasteiger partial charge in [0.25, 0.3) is 0 Å². The second-order valence-electron chi connectivity index (χ2n) is 6.08. The van der Waals surface area contributed by atoms with Crippen LogP contribution in [0.3, 0.4) is 0 Å². The Morgan fingerprint density at radius 3 is 2.42 bits per heavy atom. The third-order valence-corrected chi connectivity index (χ3v) is 3.44. The summed E-state index contributed by atoms with van der Waals surface area (Å²) in [7, 11) is 0. The van der Waals surface area contributed by atoms with Gasteiger partial charge in [-0.1, -0.05) is 26.7 Å². The quantitative estimate of drug-likeness (QED) is 0.660. The second-order valence-corrected chi connectivity index (χ2v) is 6.08. The van der Waals surface area contributed by atoms with Crippen molar-refractivity contribution in [3.8, 4) is 0 Å². The van der Waals surface area contributed by atoms with Gasteiger partial charge in [-0.3, -0.25) is 0 Å². The van der Waals surface area contributed by atoms with Crippen LogP contribution in [-0.2, 0) is 4.74 Å². The summed E-state index contributed by atoms with van der Waals surface area (Å²) in [6, 6.07) is -0.243. The highest BCUT2D eigenvalue weighted by molar-refractivity contribution is 5.75. The van der Waals surface area contributed by atoms with Gasteiger partial charge >= 0.3 is 6.03 Å². The van der Waals surface area contributed by atoms with Crippen molar-refractivity contribution >= 4 is 6.03 Å². The van der Waals surface area contributed by atoms with Crippen LogP contribution in [0.25, 0.3) is 0 Å². The van der Waals surface area contributed by atoms with Gasteiger partial charge in [-0.15, -0.1) is 0 Å². The molecule has 0 aromatic carbocycles. The van der Waals surface area contributed by atoms with Crippen LogP contribution in [0.4, 0.5) is 4.79 Å². The standard InChI is InChI=1S/C14H28N2O3/c1-11(2)8-19-9-12(3)15-13(18)16-14(10-17)6-4-5-7-14/h11-12,17H,4-10H2,1-3H3,(H2,15,16,18). The van der Waals surface area contributed by atoms with E-state index in [0.717, 1.165) is 25.7 Å². The van der Waals surface area contributed by atoms with Crippen LogP contribution in [-0.4, -0.2) is 42.5 Å². The largest absolute Gasteiger partial charge is 0.394 e. The summed E-state index contributed by atoms with van der Waals surface area (Å²) in [5, 5.41) is 15.2. The molecule has 5 nitrogen and oxygen atoms in total. The van der Waals surface area contributed by atoms with Crippen molar-refractivity contribution in [3.63, 3.8) is 0 Å². The number of amides is 2. The minimum absolute atomic E-state index is 0.0125. The Labute approximate surface area is 116 Å². The molecule has 0 aliphatic heterocycles. The zero-order valence-corrected chi connectivity index (χ0v) is 12.4. The molecule has 0 heterocycles. The molecule has 1 unspecified atom stereocenters. The molecule has 1 atom stereocenters. The number of hydrogen-bond acceptors (Lipinski definition) is 3. The molecule has 0 saturated heterocycles. The Morgan fingerprint density at radius 2 is 1.89 bits per heavy atom. The van der Waals surface area contributed by atoms with Gasteiger partial charge < -0.3 is 20.5 Å². The van der Waals surface area contributed by atoms with E-state index in [1.165, 1.54) is 0 Å². The highest BCUT2D eigenvalue weighted by Crippen LogP contribution is 2.28. The lowest BCUT2D eigenvalue weighted by Crippen LogP contribution is -2.54. The molecule has 3 N–H and O–H groups in total. The molecule has 19 heavy (non-hydrogen) atoms. The summed E-state index contributed by atoms with van der Waals surface area (Å²) < 4.78 is 5.49. The van der Waals surface area contributed by atoms with Crippen LogP contribution in [0.2, 0.25) is 0 Å². The Balaban J connectivity index is 2.26. The summed E-state index contributed by atoms with van der Waals surface area (Å²) in [4.78, 5) is 11.9. The SMILES string of the molecule is CC(C)COCC(C)NC(=O)NC1(CO)CCCC1. The van der Waals surface area contributed by atoms with Crippen molar-refractivity contribution in [3.05, 3.63) is 0 Å². The van der Waals surface area contributed by atoms with Crippen molar-refractivity contribution in [2.45, 2.75) is 58.0 Å². The topological polar surface area (TPSA) is 70.6 Å². The highest BCUT2D eigenvalue weighted by Gasteiger charge is 2.34. The third kappa shape index (κ3) is 5.78. The Hall–Kier alpha value is -0.810. The molecule has 5 heteroatoms. The fourth-order valence-corrected chi connectivity index (χ4v) is 2.40. The average molecular weight is 272 g/mol. The number of ether oxygens (including phenoxy) is 1. The Bertz CT molecular complexity index is 276. The van der Waals surface area contributed by atoms with Gasteiger partial charge in [0.1, 0.15) is 0 Å². The first-order chi connectivity index (χ1) is 8.97. The molecule has 0 aromatic rings. The fourth-order valence-electron chi connectivity index (χ4n) is 2.40. The van der Waals surface area contributed by atoms with Gasteiger partial charge in [0.15, 0.2) is 0 Å². The smallest absolute Gasteiger partial charge is 0.315 e. The number of carbonyl (C=O) groups excluding carboxylic acids is 1. The third-order valence-electron chi connectivity index (χ3n) is 3.44. The van der Waals surface area contributed by atoms with Crippen molar-refractivity contribution in [1.29, 1.82) is 0 Å². The second kappa shape index (κ2) is 7.70. The van der Waals surface area contributed by atoms with Crippen molar-refractivity contribution in [2.24, 2.45) is 5.92 Å². The van der Waals surface area contributed by atoms with Gasteiger partial charge in [-0.25, -0.2) is 4.79 Å². The molecule has 0 bridgehead atoms. The summed E-state index contributed by atoms with van der Waals surface area (Å²) in [6.07, 6.45) is 3.84. The van der Waals surface area contributed by atoms with E-state index in [9.17, 15) is 9.90 Å². The van der Waals surface area contributed by atoms with Crippen LogP contribution in [0.1, 0.15) is 46.5 Å². The van der Waals surface area contributed by atoms with Crippen molar-refractivity contribution in [1.82, 2.24) is 10.6 Å². The van der Waals surface area contributed by atoms with Crippen LogP contribution >= 0.6 is 0 Å². The van der Waals surface area contributed by atoms with Crippen LogP contribution in [0.15, 0.2) is 0 Å². The zero-order chi connectivity index (χ0) is 14.3. The number of aliphatic hydroxyl groups excluding tert-OH is 1. The number of hydrogen-bond donors (Lipinski definition) is 3. The highest BCUT2D eigenvalue weighted by atomic mass is 16.5. The predicted molar refractivity (Wildman–Crippen MR) is 75.1 cm³/mol. The summed E-state index contributed by atoms with van der Waals surface area (Å²) >= 11 is 0. The number of carbonyl (C=O) groups is 1. The van der Waals surface area contributed by atoms with E-state index in [4.69, 9.17) is 4.74 Å². The summed E-state index contributed by atoms with van der Waals surface area (Å²) in [6.45, 7) is 7.33. The molecule has 1 saturated carbocycles. The van der Waals surface area contributed by atoms with E-state index in [1.807, 2.05) is 6.92 Å². The van der Waals surface area contributed by atoms with Crippen molar-refractivity contribution < 1.29 is 14.6 Å². The van der Waals surface area contributed by atoms with Gasteiger partial charge in [0.2, 0.25) is 0 Å². The molecule has 0 aromatic heterocycles. The molecule has 0 spiro atoms. The Kier molecular flexibility index (Phi) is 6.58. The fraction of sp³-hybridized carbons (Fsp3) is 0.929. The summed E-state index contributed by atoms with van der Waals surface area (Å²) in [5.41, 5.74) is -0.414. The minimum Gasteiger partial charge on any atom is -0.394 e. The lowest BCUT2D eigenvalue weighted by atomic mass is 9.99. The maximum atomic E-state index is 11.9. The molecule has 1 aliphatic rings. The number of aliphatic hydroxyl groups is 1. The first-order valence-corrected chi connectivity index (χ1v) is 7.25. The maximum Gasteiger partial charge on any atom is 0.315 e. The number of nitrogens with one attached hydrogen (secondary N) is 2. The molecule has 0 radical (unpaired) electrons. The van der Waals surface area contributed by atoms with Crippen LogP contribution in [0.5, 0.6) is 0 Å². The van der Waals surface area contributed by atoms with E-state index in [0.29, 0.717) is 19.1 Å². The first kappa shape index (κ1) is 16.2. The molecule has 112 valence electrons. The first-order valence-electron chi connectivity index (χ1n) is 7.25. The monoisotopic (exact) mass is 272 g/mol. The molecule has 2 amide bonds.